The highest BCUT2D eigenvalue weighted by molar-refractivity contribution is 9.11. The first-order valence-corrected chi connectivity index (χ1v) is 7.90. The summed E-state index contributed by atoms with van der Waals surface area (Å²) < 4.78 is 40.2. The van der Waals surface area contributed by atoms with Gasteiger partial charge >= 0.3 is 6.18 Å². The van der Waals surface area contributed by atoms with Crippen LogP contribution in [0.15, 0.2) is 34.4 Å². The maximum Gasteiger partial charge on any atom is 0.434 e. The van der Waals surface area contributed by atoms with Crippen LogP contribution in [-0.2, 0) is 10.4 Å². The molecule has 1 heterocycles. The van der Waals surface area contributed by atoms with E-state index in [-0.39, 0.29) is 11.1 Å². The molecule has 1 aliphatic rings. The van der Waals surface area contributed by atoms with Crippen LogP contribution in [0.2, 0.25) is 5.02 Å². The average Bonchev–Trinajstić information content (AvgIpc) is 2.68. The van der Waals surface area contributed by atoms with Crippen molar-refractivity contribution in [1.29, 1.82) is 5.26 Å². The van der Waals surface area contributed by atoms with E-state index in [1.165, 1.54) is 0 Å². The maximum atomic E-state index is 13.5. The molecule has 124 valence electrons. The first-order chi connectivity index (χ1) is 10.7. The van der Waals surface area contributed by atoms with Crippen LogP contribution in [0.3, 0.4) is 0 Å². The number of benzene rings is 1. The predicted molar refractivity (Wildman–Crippen MR) is 83.4 cm³/mol. The summed E-state index contributed by atoms with van der Waals surface area (Å²) in [5.41, 5.74) is -1.83. The van der Waals surface area contributed by atoms with E-state index in [0.717, 1.165) is 5.06 Å². The van der Waals surface area contributed by atoms with Crippen molar-refractivity contribution in [3.05, 3.63) is 45.0 Å². The van der Waals surface area contributed by atoms with Gasteiger partial charge in [0.15, 0.2) is 5.70 Å². The smallest absolute Gasteiger partial charge is 0.273 e. The van der Waals surface area contributed by atoms with E-state index in [1.807, 2.05) is 6.07 Å². The van der Waals surface area contributed by atoms with Crippen molar-refractivity contribution >= 4 is 27.5 Å². The molecule has 1 aliphatic heterocycles. The maximum absolute atomic E-state index is 13.5. The zero-order valence-electron chi connectivity index (χ0n) is 12.3. The normalized spacial score (nSPS) is 25.0. The van der Waals surface area contributed by atoms with Crippen LogP contribution in [0.5, 0.6) is 0 Å². The van der Waals surface area contributed by atoms with Crippen molar-refractivity contribution in [1.82, 2.24) is 5.06 Å². The lowest BCUT2D eigenvalue weighted by Crippen LogP contribution is -2.45. The number of halogens is 5. The van der Waals surface area contributed by atoms with Gasteiger partial charge in [-0.2, -0.15) is 18.4 Å². The Kier molecular flexibility index (Phi) is 5.00. The lowest BCUT2D eigenvalue weighted by Gasteiger charge is -2.39. The minimum Gasteiger partial charge on any atom is -0.273 e. The molecule has 8 heteroatoms. The van der Waals surface area contributed by atoms with Gasteiger partial charge in [0.2, 0.25) is 0 Å². The van der Waals surface area contributed by atoms with Gasteiger partial charge in [-0.3, -0.25) is 4.84 Å². The average molecular weight is 410 g/mol. The van der Waals surface area contributed by atoms with Crippen molar-refractivity contribution in [2.45, 2.75) is 25.6 Å². The molecular weight excluding hydrogens is 397 g/mol. The van der Waals surface area contributed by atoms with Crippen molar-refractivity contribution < 1.29 is 18.0 Å². The van der Waals surface area contributed by atoms with Crippen LogP contribution in [0.4, 0.5) is 13.2 Å². The molecule has 0 N–H and O–H groups in total. The summed E-state index contributed by atoms with van der Waals surface area (Å²) in [5, 5.41) is 10.7. The topological polar surface area (TPSA) is 36.3 Å². The monoisotopic (exact) mass is 408 g/mol. The zero-order valence-corrected chi connectivity index (χ0v) is 14.6. The molecule has 0 fully saturated rings. The second kappa shape index (κ2) is 6.34. The molecule has 2 rings (SSSR count). The van der Waals surface area contributed by atoms with E-state index in [4.69, 9.17) is 16.4 Å². The van der Waals surface area contributed by atoms with Gasteiger partial charge < -0.3 is 0 Å². The fourth-order valence-corrected chi connectivity index (χ4v) is 3.72. The molecule has 2 atom stereocenters. The predicted octanol–water partition coefficient (Wildman–Crippen LogP) is 5.13. The van der Waals surface area contributed by atoms with E-state index in [2.05, 4.69) is 15.9 Å². The quantitative estimate of drug-likeness (QED) is 0.694. The van der Waals surface area contributed by atoms with E-state index >= 15 is 0 Å². The summed E-state index contributed by atoms with van der Waals surface area (Å²) >= 11 is 8.81. The molecule has 23 heavy (non-hydrogen) atoms. The largest absolute Gasteiger partial charge is 0.434 e. The SMILES string of the molecule is CCON1C(C(F)(F)F)=C(Br)C(C#N)C1(C)c1ccc(Cl)cc1. The molecule has 0 spiro atoms. The number of alkyl halides is 3. The minimum atomic E-state index is -4.66. The number of rotatable bonds is 3. The summed E-state index contributed by atoms with van der Waals surface area (Å²) in [4.78, 5) is 5.29. The number of allylic oxidation sites excluding steroid dienone is 1. The molecule has 0 saturated heterocycles. The number of hydrogen-bond donors (Lipinski definition) is 0. The van der Waals surface area contributed by atoms with E-state index in [0.29, 0.717) is 10.6 Å². The van der Waals surface area contributed by atoms with Crippen LogP contribution in [0.1, 0.15) is 19.4 Å². The molecule has 0 aromatic heterocycles. The molecule has 0 saturated carbocycles. The van der Waals surface area contributed by atoms with Crippen LogP contribution in [-0.4, -0.2) is 17.8 Å². The van der Waals surface area contributed by atoms with Crippen LogP contribution >= 0.6 is 27.5 Å². The summed E-state index contributed by atoms with van der Waals surface area (Å²) in [6.45, 7) is 3.16. The molecule has 0 bridgehead atoms. The van der Waals surface area contributed by atoms with Gasteiger partial charge in [0.1, 0.15) is 11.5 Å². The van der Waals surface area contributed by atoms with Gasteiger partial charge in [-0.25, -0.2) is 5.06 Å². The minimum absolute atomic E-state index is 0.0290. The van der Waals surface area contributed by atoms with Crippen molar-refractivity contribution in [2.24, 2.45) is 5.92 Å². The molecule has 0 aliphatic carbocycles. The third-order valence-electron chi connectivity index (χ3n) is 3.75. The Balaban J connectivity index is 2.66. The first-order valence-electron chi connectivity index (χ1n) is 6.73. The van der Waals surface area contributed by atoms with Gasteiger partial charge in [0, 0.05) is 9.51 Å². The lowest BCUT2D eigenvalue weighted by molar-refractivity contribution is -0.231. The second-order valence-electron chi connectivity index (χ2n) is 5.12. The van der Waals surface area contributed by atoms with E-state index < -0.39 is 23.3 Å². The first kappa shape index (κ1) is 18.1. The number of hydroxylamine groups is 2. The van der Waals surface area contributed by atoms with Crippen molar-refractivity contribution in [3.63, 3.8) is 0 Å². The van der Waals surface area contributed by atoms with Gasteiger partial charge in [-0.05, 0) is 31.5 Å². The van der Waals surface area contributed by atoms with Gasteiger partial charge in [0.25, 0.3) is 0 Å². The highest BCUT2D eigenvalue weighted by atomic mass is 79.9. The Morgan fingerprint density at radius 2 is 1.96 bits per heavy atom. The Morgan fingerprint density at radius 1 is 1.39 bits per heavy atom. The highest BCUT2D eigenvalue weighted by Gasteiger charge is 2.58. The molecule has 0 amide bonds. The fourth-order valence-electron chi connectivity index (χ4n) is 2.66. The van der Waals surface area contributed by atoms with Crippen LogP contribution in [0.25, 0.3) is 0 Å². The van der Waals surface area contributed by atoms with Gasteiger partial charge in [0.05, 0.1) is 12.7 Å². The molecule has 1 aromatic carbocycles. The van der Waals surface area contributed by atoms with Crippen molar-refractivity contribution in [2.75, 3.05) is 6.61 Å². The molecule has 3 nitrogen and oxygen atoms in total. The summed E-state index contributed by atoms with van der Waals surface area (Å²) in [5.74, 6) is -1.08. The summed E-state index contributed by atoms with van der Waals surface area (Å²) in [6, 6.07) is 8.28. The van der Waals surface area contributed by atoms with Crippen LogP contribution in [0, 0.1) is 17.2 Å². The Hall–Kier alpha value is -1.23. The zero-order chi connectivity index (χ0) is 17.4. The second-order valence-corrected chi connectivity index (χ2v) is 6.41. The Labute approximate surface area is 145 Å². The molecule has 0 radical (unpaired) electrons. The highest BCUT2D eigenvalue weighted by Crippen LogP contribution is 2.54. The van der Waals surface area contributed by atoms with E-state index in [1.54, 1.807) is 38.1 Å². The third-order valence-corrected chi connectivity index (χ3v) is 4.84. The molecular formula is C15H13BrClF3N2O. The lowest BCUT2D eigenvalue weighted by atomic mass is 9.82. The standard InChI is InChI=1S/C15H13BrClF3N2O/c1-3-23-22-13(15(18,19)20)12(16)11(8-21)14(22,2)9-4-6-10(17)7-5-9/h4-7,11H,3H2,1-2H3. The van der Waals surface area contributed by atoms with Crippen molar-refractivity contribution in [3.8, 4) is 6.07 Å². The number of hydrogen-bond acceptors (Lipinski definition) is 3. The van der Waals surface area contributed by atoms with Crippen LogP contribution < -0.4 is 0 Å². The Bertz CT molecular complexity index is 669. The summed E-state index contributed by atoms with van der Waals surface area (Å²) in [7, 11) is 0. The summed E-state index contributed by atoms with van der Waals surface area (Å²) in [6.07, 6.45) is -4.66. The number of nitriles is 1. The molecule has 1 aromatic rings. The van der Waals surface area contributed by atoms with E-state index in [9.17, 15) is 18.4 Å². The third kappa shape index (κ3) is 2.95. The Morgan fingerprint density at radius 3 is 2.39 bits per heavy atom. The fraction of sp³-hybridized carbons (Fsp3) is 0.400. The number of nitrogens with zero attached hydrogens (tertiary/aromatic N) is 2. The molecule has 2 unspecified atom stereocenters. The van der Waals surface area contributed by atoms with Gasteiger partial charge in [-0.1, -0.05) is 39.7 Å². The van der Waals surface area contributed by atoms with Gasteiger partial charge in [-0.15, -0.1) is 0 Å².